The van der Waals surface area contributed by atoms with Gasteiger partial charge in [0.1, 0.15) is 0 Å². The fourth-order valence-electron chi connectivity index (χ4n) is 2.54. The van der Waals surface area contributed by atoms with Gasteiger partial charge < -0.3 is 10.6 Å². The molecule has 1 aliphatic heterocycles. The van der Waals surface area contributed by atoms with Gasteiger partial charge in [-0.25, -0.2) is 0 Å². The molecular weight excluding hydrogens is 252 g/mol. The minimum absolute atomic E-state index is 0.948. The first-order valence-corrected chi connectivity index (χ1v) is 7.66. The molecule has 0 atom stereocenters. The third-order valence-electron chi connectivity index (χ3n) is 3.72. The van der Waals surface area contributed by atoms with Crippen LogP contribution < -0.4 is 10.6 Å². The highest BCUT2D eigenvalue weighted by atomic mass is 32.1. The molecule has 1 aromatic carbocycles. The summed E-state index contributed by atoms with van der Waals surface area (Å²) in [6.07, 6.45) is 1.16. The predicted octanol–water partition coefficient (Wildman–Crippen LogP) is 3.62. The molecule has 1 aromatic heterocycles. The number of hydrogen-bond acceptors (Lipinski definition) is 3. The number of thiophene rings is 1. The largest absolute Gasteiger partial charge is 0.384 e. The Bertz CT molecular complexity index is 567. The minimum atomic E-state index is 0.948. The van der Waals surface area contributed by atoms with Gasteiger partial charge in [-0.2, -0.15) is 0 Å². The summed E-state index contributed by atoms with van der Waals surface area (Å²) in [6, 6.07) is 9.04. The van der Waals surface area contributed by atoms with Crippen LogP contribution in [0, 0.1) is 13.8 Å². The van der Waals surface area contributed by atoms with Gasteiger partial charge in [-0.3, -0.25) is 0 Å². The predicted molar refractivity (Wildman–Crippen MR) is 83.0 cm³/mol. The van der Waals surface area contributed by atoms with Gasteiger partial charge in [0.05, 0.1) is 0 Å². The Kier molecular flexibility index (Phi) is 3.58. The maximum absolute atomic E-state index is 3.54. The van der Waals surface area contributed by atoms with Crippen LogP contribution in [0.5, 0.6) is 0 Å². The Labute approximate surface area is 118 Å². The second-order valence-electron chi connectivity index (χ2n) is 5.22. The molecule has 3 heteroatoms. The maximum atomic E-state index is 3.54. The minimum Gasteiger partial charge on any atom is -0.384 e. The van der Waals surface area contributed by atoms with Crippen molar-refractivity contribution in [3.8, 4) is 0 Å². The van der Waals surface area contributed by atoms with Crippen LogP contribution in [0.1, 0.15) is 26.4 Å². The molecule has 0 spiro atoms. The molecule has 0 amide bonds. The highest BCUT2D eigenvalue weighted by Crippen LogP contribution is 2.23. The summed E-state index contributed by atoms with van der Waals surface area (Å²) in [6.45, 7) is 7.37. The van der Waals surface area contributed by atoms with E-state index in [0.29, 0.717) is 0 Å². The molecule has 3 rings (SSSR count). The van der Waals surface area contributed by atoms with E-state index in [1.54, 1.807) is 0 Å². The van der Waals surface area contributed by atoms with Crippen LogP contribution >= 0.6 is 11.3 Å². The van der Waals surface area contributed by atoms with Crippen LogP contribution in [-0.2, 0) is 19.5 Å². The van der Waals surface area contributed by atoms with Crippen molar-refractivity contribution < 1.29 is 0 Å². The van der Waals surface area contributed by atoms with E-state index in [1.165, 1.54) is 32.1 Å². The van der Waals surface area contributed by atoms with Crippen LogP contribution in [0.25, 0.3) is 0 Å². The number of fused-ring (bicyclic) bond motifs is 1. The summed E-state index contributed by atoms with van der Waals surface area (Å²) in [5.74, 6) is 0. The zero-order chi connectivity index (χ0) is 13.2. The fourth-order valence-corrected chi connectivity index (χ4v) is 3.56. The molecule has 2 nitrogen and oxygen atoms in total. The average Bonchev–Trinajstić information content (AvgIpc) is 2.96. The first kappa shape index (κ1) is 12.7. The molecule has 0 radical (unpaired) electrons. The Hall–Kier alpha value is -1.32. The Morgan fingerprint density at radius 1 is 1.21 bits per heavy atom. The Morgan fingerprint density at radius 2 is 2.11 bits per heavy atom. The lowest BCUT2D eigenvalue weighted by Crippen LogP contribution is -2.11. The van der Waals surface area contributed by atoms with Crippen molar-refractivity contribution in [2.75, 3.05) is 11.9 Å². The monoisotopic (exact) mass is 272 g/mol. The van der Waals surface area contributed by atoms with Gasteiger partial charge in [-0.1, -0.05) is 12.1 Å². The zero-order valence-electron chi connectivity index (χ0n) is 11.5. The van der Waals surface area contributed by atoms with Crippen molar-refractivity contribution in [3.63, 3.8) is 0 Å². The SMILES string of the molecule is Cc1cc(CNCc2ccc3c(c2)CCN3)sc1C. The van der Waals surface area contributed by atoms with Gasteiger partial charge in [0.25, 0.3) is 0 Å². The number of benzene rings is 1. The third kappa shape index (κ3) is 2.82. The molecule has 0 saturated heterocycles. The summed E-state index contributed by atoms with van der Waals surface area (Å²) in [4.78, 5) is 2.86. The Morgan fingerprint density at radius 3 is 2.89 bits per heavy atom. The van der Waals surface area contributed by atoms with Crippen molar-refractivity contribution >= 4 is 17.0 Å². The highest BCUT2D eigenvalue weighted by Gasteiger charge is 2.09. The second-order valence-corrected chi connectivity index (χ2v) is 6.56. The first-order valence-electron chi connectivity index (χ1n) is 6.84. The van der Waals surface area contributed by atoms with Crippen LogP contribution in [0.2, 0.25) is 0 Å². The summed E-state index contributed by atoms with van der Waals surface area (Å²) < 4.78 is 0. The molecule has 19 heavy (non-hydrogen) atoms. The number of hydrogen-bond donors (Lipinski definition) is 2. The van der Waals surface area contributed by atoms with E-state index in [1.807, 2.05) is 11.3 Å². The van der Waals surface area contributed by atoms with Crippen molar-refractivity contribution in [3.05, 3.63) is 50.7 Å². The molecular formula is C16H20N2S. The number of anilines is 1. The van der Waals surface area contributed by atoms with Crippen LogP contribution in [-0.4, -0.2) is 6.54 Å². The lowest BCUT2D eigenvalue weighted by atomic mass is 10.1. The van der Waals surface area contributed by atoms with E-state index >= 15 is 0 Å². The highest BCUT2D eigenvalue weighted by molar-refractivity contribution is 7.12. The van der Waals surface area contributed by atoms with Gasteiger partial charge in [-0.15, -0.1) is 11.3 Å². The summed E-state index contributed by atoms with van der Waals surface area (Å²) in [7, 11) is 0. The summed E-state index contributed by atoms with van der Waals surface area (Å²) >= 11 is 1.90. The van der Waals surface area contributed by atoms with Crippen LogP contribution in [0.3, 0.4) is 0 Å². The number of rotatable bonds is 4. The quantitative estimate of drug-likeness (QED) is 0.888. The molecule has 100 valence electrons. The molecule has 0 unspecified atom stereocenters. The molecule has 0 fully saturated rings. The normalized spacial score (nSPS) is 13.4. The number of nitrogens with one attached hydrogen (secondary N) is 2. The molecule has 0 aliphatic carbocycles. The Balaban J connectivity index is 1.57. The number of aryl methyl sites for hydroxylation is 2. The summed E-state index contributed by atoms with van der Waals surface area (Å²) in [5.41, 5.74) is 5.56. The van der Waals surface area contributed by atoms with E-state index < -0.39 is 0 Å². The van der Waals surface area contributed by atoms with Gasteiger partial charge in [0, 0.05) is 35.1 Å². The second kappa shape index (κ2) is 5.35. The van der Waals surface area contributed by atoms with Crippen molar-refractivity contribution in [2.45, 2.75) is 33.4 Å². The van der Waals surface area contributed by atoms with E-state index in [-0.39, 0.29) is 0 Å². The van der Waals surface area contributed by atoms with Gasteiger partial charge in [0.15, 0.2) is 0 Å². The van der Waals surface area contributed by atoms with Crippen molar-refractivity contribution in [1.82, 2.24) is 5.32 Å². The topological polar surface area (TPSA) is 24.1 Å². The zero-order valence-corrected chi connectivity index (χ0v) is 12.4. The standard InChI is InChI=1S/C16H20N2S/c1-11-7-15(19-12(11)2)10-17-9-13-3-4-16-14(8-13)5-6-18-16/h3-4,7-8,17-18H,5-6,9-10H2,1-2H3. The molecule has 0 saturated carbocycles. The van der Waals surface area contributed by atoms with Gasteiger partial charge in [-0.05, 0) is 49.1 Å². The first-order chi connectivity index (χ1) is 9.22. The molecule has 2 N–H and O–H groups in total. The summed E-state index contributed by atoms with van der Waals surface area (Å²) in [5, 5.41) is 6.94. The average molecular weight is 272 g/mol. The van der Waals surface area contributed by atoms with E-state index in [9.17, 15) is 0 Å². The van der Waals surface area contributed by atoms with E-state index in [2.05, 4.69) is 48.7 Å². The third-order valence-corrected chi connectivity index (χ3v) is 4.88. The van der Waals surface area contributed by atoms with Gasteiger partial charge in [0.2, 0.25) is 0 Å². The lowest BCUT2D eigenvalue weighted by Gasteiger charge is -2.06. The lowest BCUT2D eigenvalue weighted by molar-refractivity contribution is 0.700. The van der Waals surface area contributed by atoms with E-state index in [0.717, 1.165) is 26.1 Å². The smallest absolute Gasteiger partial charge is 0.0373 e. The van der Waals surface area contributed by atoms with Crippen molar-refractivity contribution in [2.24, 2.45) is 0 Å². The van der Waals surface area contributed by atoms with Crippen LogP contribution in [0.4, 0.5) is 5.69 Å². The molecule has 1 aliphatic rings. The maximum Gasteiger partial charge on any atom is 0.0373 e. The fraction of sp³-hybridized carbons (Fsp3) is 0.375. The molecule has 2 heterocycles. The van der Waals surface area contributed by atoms with Crippen LogP contribution in [0.15, 0.2) is 24.3 Å². The molecule has 2 aromatic rings. The van der Waals surface area contributed by atoms with Gasteiger partial charge >= 0.3 is 0 Å². The molecule has 0 bridgehead atoms. The van der Waals surface area contributed by atoms with E-state index in [4.69, 9.17) is 0 Å². The van der Waals surface area contributed by atoms with Crippen molar-refractivity contribution in [1.29, 1.82) is 0 Å².